The van der Waals surface area contributed by atoms with E-state index in [0.717, 1.165) is 37.6 Å². The fraction of sp³-hybridized carbons (Fsp3) is 0.500. The third-order valence-corrected chi connectivity index (χ3v) is 3.84. The van der Waals surface area contributed by atoms with Gasteiger partial charge < -0.3 is 14.9 Å². The minimum absolute atomic E-state index is 0.0534. The summed E-state index contributed by atoms with van der Waals surface area (Å²) in [5, 5.41) is 0.713. The van der Waals surface area contributed by atoms with E-state index in [2.05, 4.69) is 9.88 Å². The maximum absolute atomic E-state index is 5.98. The molecule has 2 aromatic heterocycles. The third kappa shape index (κ3) is 2.96. The van der Waals surface area contributed by atoms with Crippen LogP contribution in [-0.2, 0) is 11.3 Å². The second kappa shape index (κ2) is 5.69. The summed E-state index contributed by atoms with van der Waals surface area (Å²) in [6.45, 7) is 5.29. The van der Waals surface area contributed by atoms with Gasteiger partial charge in [-0.1, -0.05) is 11.6 Å². The molecule has 0 aliphatic carbocycles. The van der Waals surface area contributed by atoms with E-state index in [4.69, 9.17) is 22.1 Å². The molecule has 2 aromatic rings. The number of hydrogen-bond donors (Lipinski definition) is 1. The first-order chi connectivity index (χ1) is 9.61. The lowest BCUT2D eigenvalue weighted by atomic mass is 10.1. The highest BCUT2D eigenvalue weighted by atomic mass is 35.5. The number of fused-ring (bicyclic) bond motifs is 1. The molecule has 3 heterocycles. The molecular weight excluding hydrogens is 276 g/mol. The van der Waals surface area contributed by atoms with Crippen molar-refractivity contribution < 1.29 is 4.74 Å². The number of halogens is 1. The zero-order chi connectivity index (χ0) is 14.1. The summed E-state index contributed by atoms with van der Waals surface area (Å²) >= 11 is 5.98. The van der Waals surface area contributed by atoms with Crippen LogP contribution in [0.4, 0.5) is 0 Å². The zero-order valence-electron chi connectivity index (χ0n) is 11.5. The minimum Gasteiger partial charge on any atom is -0.374 e. The quantitative estimate of drug-likeness (QED) is 0.933. The van der Waals surface area contributed by atoms with Gasteiger partial charge in [-0.25, -0.2) is 4.98 Å². The molecule has 1 aliphatic rings. The van der Waals surface area contributed by atoms with Crippen LogP contribution in [0.2, 0.25) is 5.02 Å². The Kier molecular flexibility index (Phi) is 3.94. The molecule has 0 spiro atoms. The van der Waals surface area contributed by atoms with Crippen LogP contribution in [0, 0.1) is 0 Å². The van der Waals surface area contributed by atoms with Crippen molar-refractivity contribution in [3.8, 4) is 0 Å². The van der Waals surface area contributed by atoms with Gasteiger partial charge in [0.15, 0.2) is 0 Å². The normalized spacial score (nSPS) is 22.2. The number of imidazole rings is 1. The monoisotopic (exact) mass is 294 g/mol. The standard InChI is InChI=1S/C14H19ClN4O/c1-10(16)13-9-18(4-5-20-13)7-12-8-19-6-11(15)2-3-14(19)17-12/h2-3,6,8,10,13H,4-5,7,9,16H2,1H3. The number of rotatable bonds is 3. The Morgan fingerprint density at radius 3 is 3.15 bits per heavy atom. The van der Waals surface area contributed by atoms with Gasteiger partial charge in [-0.3, -0.25) is 4.90 Å². The van der Waals surface area contributed by atoms with Gasteiger partial charge in [0.25, 0.3) is 0 Å². The first kappa shape index (κ1) is 13.8. The van der Waals surface area contributed by atoms with Gasteiger partial charge >= 0.3 is 0 Å². The highest BCUT2D eigenvalue weighted by Gasteiger charge is 2.23. The van der Waals surface area contributed by atoms with E-state index < -0.39 is 0 Å². The summed E-state index contributed by atoms with van der Waals surface area (Å²) in [6.07, 6.45) is 4.00. The van der Waals surface area contributed by atoms with Crippen LogP contribution in [0.3, 0.4) is 0 Å². The van der Waals surface area contributed by atoms with Crippen molar-refractivity contribution in [2.45, 2.75) is 25.6 Å². The number of morpholine rings is 1. The summed E-state index contributed by atoms with van der Waals surface area (Å²) in [4.78, 5) is 6.94. The molecule has 6 heteroatoms. The van der Waals surface area contributed by atoms with E-state index in [1.165, 1.54) is 0 Å². The molecule has 0 aromatic carbocycles. The van der Waals surface area contributed by atoms with Crippen molar-refractivity contribution in [3.63, 3.8) is 0 Å². The molecule has 3 rings (SSSR count). The maximum Gasteiger partial charge on any atom is 0.137 e. The van der Waals surface area contributed by atoms with Crippen molar-refractivity contribution in [1.29, 1.82) is 0 Å². The number of nitrogens with two attached hydrogens (primary N) is 1. The fourth-order valence-corrected chi connectivity index (χ4v) is 2.68. The molecule has 0 radical (unpaired) electrons. The molecule has 0 saturated carbocycles. The van der Waals surface area contributed by atoms with Gasteiger partial charge in [0, 0.05) is 38.1 Å². The van der Waals surface area contributed by atoms with Crippen LogP contribution in [0.1, 0.15) is 12.6 Å². The van der Waals surface area contributed by atoms with E-state index in [-0.39, 0.29) is 12.1 Å². The predicted molar refractivity (Wildman–Crippen MR) is 78.9 cm³/mol. The lowest BCUT2D eigenvalue weighted by Gasteiger charge is -2.34. The SMILES string of the molecule is CC(N)C1CN(Cc2cn3cc(Cl)ccc3n2)CCO1. The largest absolute Gasteiger partial charge is 0.374 e. The maximum atomic E-state index is 5.98. The van der Waals surface area contributed by atoms with Gasteiger partial charge in [0.05, 0.1) is 23.4 Å². The average Bonchev–Trinajstić information content (AvgIpc) is 2.80. The van der Waals surface area contributed by atoms with Crippen molar-refractivity contribution in [2.75, 3.05) is 19.7 Å². The highest BCUT2D eigenvalue weighted by molar-refractivity contribution is 6.30. The first-order valence-corrected chi connectivity index (χ1v) is 7.22. The van der Waals surface area contributed by atoms with Crippen molar-refractivity contribution in [1.82, 2.24) is 14.3 Å². The molecule has 20 heavy (non-hydrogen) atoms. The van der Waals surface area contributed by atoms with Gasteiger partial charge in [-0.2, -0.15) is 0 Å². The minimum atomic E-state index is 0.0534. The van der Waals surface area contributed by atoms with Crippen LogP contribution >= 0.6 is 11.6 Å². The summed E-state index contributed by atoms with van der Waals surface area (Å²) in [5.41, 5.74) is 7.87. The Morgan fingerprint density at radius 2 is 2.35 bits per heavy atom. The van der Waals surface area contributed by atoms with Crippen LogP contribution in [0.15, 0.2) is 24.5 Å². The molecule has 0 bridgehead atoms. The van der Waals surface area contributed by atoms with Gasteiger partial charge in [0.1, 0.15) is 5.65 Å². The Balaban J connectivity index is 1.72. The van der Waals surface area contributed by atoms with E-state index in [1.54, 1.807) is 0 Å². The van der Waals surface area contributed by atoms with Gasteiger partial charge in [-0.15, -0.1) is 0 Å². The van der Waals surface area contributed by atoms with Crippen molar-refractivity contribution in [3.05, 3.63) is 35.2 Å². The highest BCUT2D eigenvalue weighted by Crippen LogP contribution is 2.15. The molecule has 2 unspecified atom stereocenters. The summed E-state index contributed by atoms with van der Waals surface area (Å²) < 4.78 is 7.63. The van der Waals surface area contributed by atoms with E-state index in [0.29, 0.717) is 5.02 Å². The fourth-order valence-electron chi connectivity index (χ4n) is 2.52. The lowest BCUT2D eigenvalue weighted by molar-refractivity contribution is -0.0406. The Morgan fingerprint density at radius 1 is 1.50 bits per heavy atom. The lowest BCUT2D eigenvalue weighted by Crippen LogP contribution is -2.49. The summed E-state index contributed by atoms with van der Waals surface area (Å²) in [5.74, 6) is 0. The number of ether oxygens (including phenoxy) is 1. The van der Waals surface area contributed by atoms with Crippen molar-refractivity contribution in [2.24, 2.45) is 5.73 Å². The molecule has 1 aliphatic heterocycles. The average molecular weight is 295 g/mol. The molecule has 2 atom stereocenters. The molecule has 5 nitrogen and oxygen atoms in total. The Hall–Kier alpha value is -1.14. The Labute approximate surface area is 123 Å². The molecule has 1 saturated heterocycles. The molecule has 2 N–H and O–H groups in total. The second-order valence-electron chi connectivity index (χ2n) is 5.35. The smallest absolute Gasteiger partial charge is 0.137 e. The number of nitrogens with zero attached hydrogens (tertiary/aromatic N) is 3. The third-order valence-electron chi connectivity index (χ3n) is 3.61. The van der Waals surface area contributed by atoms with Gasteiger partial charge in [-0.05, 0) is 19.1 Å². The molecular formula is C14H19ClN4O. The predicted octanol–water partition coefficient (Wildman–Crippen LogP) is 1.54. The van der Waals surface area contributed by atoms with E-state index in [9.17, 15) is 0 Å². The topological polar surface area (TPSA) is 55.8 Å². The second-order valence-corrected chi connectivity index (χ2v) is 5.78. The number of pyridine rings is 1. The van der Waals surface area contributed by atoms with Crippen LogP contribution < -0.4 is 5.73 Å². The van der Waals surface area contributed by atoms with Crippen LogP contribution in [0.5, 0.6) is 0 Å². The van der Waals surface area contributed by atoms with E-state index in [1.807, 2.05) is 35.9 Å². The summed E-state index contributed by atoms with van der Waals surface area (Å²) in [7, 11) is 0. The number of hydrogen-bond acceptors (Lipinski definition) is 4. The number of aromatic nitrogens is 2. The van der Waals surface area contributed by atoms with Crippen LogP contribution in [0.25, 0.3) is 5.65 Å². The van der Waals surface area contributed by atoms with E-state index >= 15 is 0 Å². The molecule has 108 valence electrons. The first-order valence-electron chi connectivity index (χ1n) is 6.84. The zero-order valence-corrected chi connectivity index (χ0v) is 12.3. The Bertz CT molecular complexity index is 598. The molecule has 1 fully saturated rings. The molecule has 0 amide bonds. The summed E-state index contributed by atoms with van der Waals surface area (Å²) in [6, 6.07) is 3.84. The van der Waals surface area contributed by atoms with Crippen LogP contribution in [-0.4, -0.2) is 46.1 Å². The van der Waals surface area contributed by atoms with Crippen molar-refractivity contribution >= 4 is 17.2 Å². The van der Waals surface area contributed by atoms with Gasteiger partial charge in [0.2, 0.25) is 0 Å².